The molecule has 0 unspecified atom stereocenters. The van der Waals surface area contributed by atoms with Crippen molar-refractivity contribution in [1.29, 1.82) is 0 Å². The molecule has 0 atom stereocenters. The average Bonchev–Trinajstić information content (AvgIpc) is 2.54. The molecule has 23 heavy (non-hydrogen) atoms. The predicted octanol–water partition coefficient (Wildman–Crippen LogP) is 4.06. The Kier molecular flexibility index (Phi) is 5.60. The van der Waals surface area contributed by atoms with Crippen LogP contribution < -0.4 is 10.6 Å². The summed E-state index contributed by atoms with van der Waals surface area (Å²) in [6.07, 6.45) is 0. The number of hydrogen-bond donors (Lipinski definition) is 3. The molecule has 0 heterocycles. The molecule has 0 aliphatic carbocycles. The second-order valence-corrected chi connectivity index (χ2v) is 5.56. The molecule has 0 fully saturated rings. The molecule has 0 spiro atoms. The van der Waals surface area contributed by atoms with Crippen molar-refractivity contribution in [1.82, 2.24) is 0 Å². The molecule has 6 heteroatoms. The summed E-state index contributed by atoms with van der Waals surface area (Å²) in [7, 11) is 0. The summed E-state index contributed by atoms with van der Waals surface area (Å²) >= 11 is 3.90. The Morgan fingerprint density at radius 3 is 2.43 bits per heavy atom. The van der Waals surface area contributed by atoms with Crippen LogP contribution in [0.3, 0.4) is 0 Å². The maximum atomic E-state index is 14.5. The molecular formula is C17H18F2N2OS. The number of benzene rings is 2. The fourth-order valence-corrected chi connectivity index (χ4v) is 2.34. The zero-order valence-corrected chi connectivity index (χ0v) is 13.8. The Bertz CT molecular complexity index is 718. The highest BCUT2D eigenvalue weighted by molar-refractivity contribution is 7.81. The highest BCUT2D eigenvalue weighted by Gasteiger charge is 2.14. The van der Waals surface area contributed by atoms with Crippen LogP contribution in [0.4, 0.5) is 20.2 Å². The normalized spacial score (nSPS) is 10.5. The van der Waals surface area contributed by atoms with Crippen molar-refractivity contribution in [2.75, 3.05) is 16.4 Å². The van der Waals surface area contributed by atoms with Crippen LogP contribution in [0, 0.1) is 25.5 Å². The van der Waals surface area contributed by atoms with Crippen molar-refractivity contribution >= 4 is 29.9 Å². The molecule has 2 N–H and O–H groups in total. The van der Waals surface area contributed by atoms with Gasteiger partial charge in [-0.15, -0.1) is 0 Å². The van der Waals surface area contributed by atoms with Gasteiger partial charge in [0.1, 0.15) is 5.82 Å². The van der Waals surface area contributed by atoms with Crippen LogP contribution >= 0.6 is 12.6 Å². The van der Waals surface area contributed by atoms with Crippen molar-refractivity contribution in [2.24, 2.45) is 0 Å². The number of hydrogen-bond acceptors (Lipinski definition) is 3. The summed E-state index contributed by atoms with van der Waals surface area (Å²) in [5.74, 6) is -0.987. The fraction of sp³-hybridized carbons (Fsp3) is 0.235. The molecule has 0 aliphatic heterocycles. The SMILES string of the molecule is Cc1cc(NCc2ccc(F)cc2)c(F)c(C)c1NC(=O)CS. The van der Waals surface area contributed by atoms with E-state index in [-0.39, 0.29) is 17.5 Å². The van der Waals surface area contributed by atoms with Gasteiger partial charge in [0, 0.05) is 17.8 Å². The van der Waals surface area contributed by atoms with Gasteiger partial charge in [-0.2, -0.15) is 12.6 Å². The lowest BCUT2D eigenvalue weighted by Crippen LogP contribution is -2.15. The van der Waals surface area contributed by atoms with Crippen molar-refractivity contribution in [3.8, 4) is 0 Å². The summed E-state index contributed by atoms with van der Waals surface area (Å²) in [6, 6.07) is 7.64. The molecule has 122 valence electrons. The van der Waals surface area contributed by atoms with E-state index in [1.165, 1.54) is 12.1 Å². The number of carbonyl (C=O) groups excluding carboxylic acids is 1. The molecule has 0 aromatic heterocycles. The first-order valence-corrected chi connectivity index (χ1v) is 7.74. The Balaban J connectivity index is 2.20. The first-order chi connectivity index (χ1) is 10.9. The van der Waals surface area contributed by atoms with Gasteiger partial charge in [0.2, 0.25) is 5.91 Å². The van der Waals surface area contributed by atoms with Gasteiger partial charge in [0.25, 0.3) is 0 Å². The summed E-state index contributed by atoms with van der Waals surface area (Å²) in [6.45, 7) is 3.78. The van der Waals surface area contributed by atoms with Gasteiger partial charge in [-0.05, 0) is 43.2 Å². The quantitative estimate of drug-likeness (QED) is 0.721. The number of nitrogens with one attached hydrogen (secondary N) is 2. The van der Waals surface area contributed by atoms with Crippen LogP contribution in [-0.2, 0) is 11.3 Å². The maximum Gasteiger partial charge on any atom is 0.234 e. The standard InChI is InChI=1S/C17H18F2N2OS/c1-10-7-14(20-8-12-3-5-13(18)6-4-12)16(19)11(2)17(10)21-15(22)9-23/h3-7,20,23H,8-9H2,1-2H3,(H,21,22). The molecule has 2 rings (SSSR count). The van der Waals surface area contributed by atoms with Crippen LogP contribution in [0.25, 0.3) is 0 Å². The Labute approximate surface area is 139 Å². The first-order valence-electron chi connectivity index (χ1n) is 7.11. The third-order valence-electron chi connectivity index (χ3n) is 3.50. The molecule has 0 radical (unpaired) electrons. The van der Waals surface area contributed by atoms with E-state index in [1.54, 1.807) is 32.0 Å². The van der Waals surface area contributed by atoms with E-state index in [9.17, 15) is 13.6 Å². The Morgan fingerprint density at radius 2 is 1.83 bits per heavy atom. The zero-order chi connectivity index (χ0) is 17.0. The molecule has 0 saturated heterocycles. The average molecular weight is 336 g/mol. The van der Waals surface area contributed by atoms with Crippen LogP contribution in [0.1, 0.15) is 16.7 Å². The van der Waals surface area contributed by atoms with Crippen LogP contribution in [0.5, 0.6) is 0 Å². The summed E-state index contributed by atoms with van der Waals surface area (Å²) in [5, 5.41) is 5.65. The zero-order valence-electron chi connectivity index (χ0n) is 12.9. The number of carbonyl (C=O) groups is 1. The third kappa shape index (κ3) is 4.22. The second kappa shape index (κ2) is 7.46. The van der Waals surface area contributed by atoms with Crippen molar-refractivity contribution in [3.05, 3.63) is 58.7 Å². The Morgan fingerprint density at radius 1 is 1.17 bits per heavy atom. The minimum absolute atomic E-state index is 0.0328. The molecular weight excluding hydrogens is 318 g/mol. The first kappa shape index (κ1) is 17.3. The molecule has 3 nitrogen and oxygen atoms in total. The molecule has 2 aromatic carbocycles. The van der Waals surface area contributed by atoms with E-state index in [4.69, 9.17) is 0 Å². The minimum Gasteiger partial charge on any atom is -0.379 e. The van der Waals surface area contributed by atoms with Gasteiger partial charge >= 0.3 is 0 Å². The molecule has 1 amide bonds. The van der Waals surface area contributed by atoms with E-state index in [0.717, 1.165) is 11.1 Å². The van der Waals surface area contributed by atoms with Crippen molar-refractivity contribution in [3.63, 3.8) is 0 Å². The van der Waals surface area contributed by atoms with Gasteiger partial charge in [-0.25, -0.2) is 8.78 Å². The summed E-state index contributed by atoms with van der Waals surface area (Å²) < 4.78 is 27.3. The predicted molar refractivity (Wildman–Crippen MR) is 92.1 cm³/mol. The third-order valence-corrected chi connectivity index (χ3v) is 3.79. The van der Waals surface area contributed by atoms with E-state index in [0.29, 0.717) is 23.5 Å². The monoisotopic (exact) mass is 336 g/mol. The van der Waals surface area contributed by atoms with Gasteiger partial charge in [-0.1, -0.05) is 12.1 Å². The van der Waals surface area contributed by atoms with Crippen LogP contribution in [-0.4, -0.2) is 11.7 Å². The second-order valence-electron chi connectivity index (χ2n) is 5.24. The van der Waals surface area contributed by atoms with Gasteiger partial charge in [0.15, 0.2) is 5.82 Å². The van der Waals surface area contributed by atoms with E-state index in [2.05, 4.69) is 23.3 Å². The molecule has 0 bridgehead atoms. The molecule has 0 saturated carbocycles. The summed E-state index contributed by atoms with van der Waals surface area (Å²) in [5.41, 5.74) is 2.76. The number of anilines is 2. The van der Waals surface area contributed by atoms with E-state index >= 15 is 0 Å². The number of thiol groups is 1. The lowest BCUT2D eigenvalue weighted by molar-refractivity contribution is -0.113. The van der Waals surface area contributed by atoms with Crippen molar-refractivity contribution in [2.45, 2.75) is 20.4 Å². The van der Waals surface area contributed by atoms with Gasteiger partial charge in [-0.3, -0.25) is 4.79 Å². The number of rotatable bonds is 5. The highest BCUT2D eigenvalue weighted by atomic mass is 32.1. The van der Waals surface area contributed by atoms with Gasteiger partial charge < -0.3 is 10.6 Å². The van der Waals surface area contributed by atoms with Gasteiger partial charge in [0.05, 0.1) is 11.4 Å². The maximum absolute atomic E-state index is 14.5. The van der Waals surface area contributed by atoms with E-state index in [1.807, 2.05) is 0 Å². The van der Waals surface area contributed by atoms with Crippen molar-refractivity contribution < 1.29 is 13.6 Å². The Hall–Kier alpha value is -2.08. The molecule has 0 aliphatic rings. The lowest BCUT2D eigenvalue weighted by atomic mass is 10.1. The highest BCUT2D eigenvalue weighted by Crippen LogP contribution is 2.29. The van der Waals surface area contributed by atoms with E-state index < -0.39 is 5.82 Å². The largest absolute Gasteiger partial charge is 0.379 e. The number of halogens is 2. The van der Waals surface area contributed by atoms with Crippen LogP contribution in [0.15, 0.2) is 30.3 Å². The topological polar surface area (TPSA) is 41.1 Å². The lowest BCUT2D eigenvalue weighted by Gasteiger charge is -2.16. The molecule has 2 aromatic rings. The number of amides is 1. The van der Waals surface area contributed by atoms with Crippen LogP contribution in [0.2, 0.25) is 0 Å². The summed E-state index contributed by atoms with van der Waals surface area (Å²) in [4.78, 5) is 11.5. The fourth-order valence-electron chi connectivity index (χ4n) is 2.26. The smallest absolute Gasteiger partial charge is 0.234 e. The minimum atomic E-state index is -0.424. The number of aryl methyl sites for hydroxylation is 1.